The van der Waals surface area contributed by atoms with Crippen molar-refractivity contribution in [1.82, 2.24) is 4.40 Å². The minimum absolute atomic E-state index is 0.189. The molecule has 32 heavy (non-hydrogen) atoms. The summed E-state index contributed by atoms with van der Waals surface area (Å²) in [5.74, 6) is -0.145. The van der Waals surface area contributed by atoms with E-state index in [9.17, 15) is 9.59 Å². The highest BCUT2D eigenvalue weighted by Crippen LogP contribution is 2.47. The number of carbonyl (C=O) groups is 1. The van der Waals surface area contributed by atoms with Crippen LogP contribution in [0.3, 0.4) is 0 Å². The highest BCUT2D eigenvalue weighted by atomic mass is 32.1. The number of nitrogens with zero attached hydrogens (tertiary/aromatic N) is 1. The topological polar surface area (TPSA) is 64.6 Å². The van der Waals surface area contributed by atoms with Gasteiger partial charge in [-0.1, -0.05) is 42.5 Å². The summed E-state index contributed by atoms with van der Waals surface area (Å²) in [5, 5.41) is 6.37. The number of nitrogens with two attached hydrogens (primary N) is 1. The van der Waals surface area contributed by atoms with Gasteiger partial charge in [-0.15, -0.1) is 11.3 Å². The number of benzene rings is 2. The zero-order valence-electron chi connectivity index (χ0n) is 17.2. The molecule has 1 amide bonds. The van der Waals surface area contributed by atoms with Crippen molar-refractivity contribution in [3.63, 3.8) is 0 Å². The molecule has 0 unspecified atom stereocenters. The maximum atomic E-state index is 13.3. The van der Waals surface area contributed by atoms with E-state index in [1.807, 2.05) is 22.9 Å². The standard InChI is InChI=1S/C26H20N2O2S2/c27-25(30)23-24(18-10-11-31-14-18)32-26-22(16-8-9-16)19(13-21(29)28(23)26)12-17-6-3-5-15-4-1-2-7-20(15)17/h1-7,10-11,13-14,16H,8-9,12H2,(H2,27,30). The van der Waals surface area contributed by atoms with Gasteiger partial charge in [-0.2, -0.15) is 11.3 Å². The second kappa shape index (κ2) is 7.43. The van der Waals surface area contributed by atoms with Crippen molar-refractivity contribution in [1.29, 1.82) is 0 Å². The van der Waals surface area contributed by atoms with E-state index in [1.165, 1.54) is 33.2 Å². The summed E-state index contributed by atoms with van der Waals surface area (Å²) >= 11 is 3.08. The second-order valence-electron chi connectivity index (χ2n) is 8.31. The molecule has 1 fully saturated rings. The normalized spacial score (nSPS) is 13.8. The summed E-state index contributed by atoms with van der Waals surface area (Å²) in [7, 11) is 0. The van der Waals surface area contributed by atoms with E-state index in [-0.39, 0.29) is 5.56 Å². The minimum Gasteiger partial charge on any atom is -0.364 e. The molecule has 3 aromatic heterocycles. The lowest BCUT2D eigenvalue weighted by Crippen LogP contribution is -2.23. The molecule has 0 bridgehead atoms. The third-order valence-corrected chi connectivity index (χ3v) is 8.11. The zero-order chi connectivity index (χ0) is 21.8. The van der Waals surface area contributed by atoms with Crippen molar-refractivity contribution in [2.45, 2.75) is 25.2 Å². The van der Waals surface area contributed by atoms with E-state index in [0.717, 1.165) is 33.7 Å². The van der Waals surface area contributed by atoms with E-state index in [1.54, 1.807) is 21.8 Å². The molecule has 2 aromatic carbocycles. The van der Waals surface area contributed by atoms with E-state index >= 15 is 0 Å². The van der Waals surface area contributed by atoms with Crippen LogP contribution in [-0.4, -0.2) is 10.3 Å². The number of aromatic nitrogens is 1. The smallest absolute Gasteiger partial charge is 0.267 e. The lowest BCUT2D eigenvalue weighted by atomic mass is 9.95. The summed E-state index contributed by atoms with van der Waals surface area (Å²) in [6, 6.07) is 18.4. The Kier molecular flexibility index (Phi) is 4.52. The number of pyridine rings is 1. The second-order valence-corrected chi connectivity index (χ2v) is 10.1. The van der Waals surface area contributed by atoms with Crippen LogP contribution in [0.15, 0.2) is 70.2 Å². The van der Waals surface area contributed by atoms with Gasteiger partial charge in [-0.25, -0.2) is 0 Å². The number of amides is 1. The summed E-state index contributed by atoms with van der Waals surface area (Å²) < 4.78 is 1.56. The van der Waals surface area contributed by atoms with Crippen LogP contribution in [0.25, 0.3) is 26.0 Å². The fourth-order valence-electron chi connectivity index (χ4n) is 4.63. The van der Waals surface area contributed by atoms with Gasteiger partial charge in [0.05, 0.1) is 4.88 Å². The van der Waals surface area contributed by atoms with Crippen molar-refractivity contribution < 1.29 is 4.79 Å². The molecule has 158 valence electrons. The molecule has 2 N–H and O–H groups in total. The molecule has 6 heteroatoms. The van der Waals surface area contributed by atoms with Crippen molar-refractivity contribution in [3.8, 4) is 10.4 Å². The molecule has 1 aliphatic carbocycles. The first kappa shape index (κ1) is 19.5. The molecule has 5 aromatic rings. The summed E-state index contributed by atoms with van der Waals surface area (Å²) in [6.45, 7) is 0. The Balaban J connectivity index is 1.61. The van der Waals surface area contributed by atoms with Crippen LogP contribution in [0.4, 0.5) is 0 Å². The highest BCUT2D eigenvalue weighted by Gasteiger charge is 2.32. The first-order valence-corrected chi connectivity index (χ1v) is 12.4. The van der Waals surface area contributed by atoms with Gasteiger partial charge in [0, 0.05) is 11.6 Å². The monoisotopic (exact) mass is 456 g/mol. The molecule has 4 nitrogen and oxygen atoms in total. The van der Waals surface area contributed by atoms with Crippen LogP contribution in [0, 0.1) is 0 Å². The molecule has 0 saturated heterocycles. The van der Waals surface area contributed by atoms with Gasteiger partial charge >= 0.3 is 0 Å². The van der Waals surface area contributed by atoms with E-state index in [0.29, 0.717) is 18.0 Å². The number of primary amides is 1. The van der Waals surface area contributed by atoms with Crippen LogP contribution < -0.4 is 11.3 Å². The largest absolute Gasteiger partial charge is 0.364 e. The van der Waals surface area contributed by atoms with Gasteiger partial charge in [-0.05, 0) is 69.5 Å². The first-order valence-electron chi connectivity index (χ1n) is 10.6. The average Bonchev–Trinajstić information content (AvgIpc) is 3.31. The van der Waals surface area contributed by atoms with Crippen LogP contribution in [0.1, 0.15) is 45.9 Å². The molecule has 0 radical (unpaired) electrons. The van der Waals surface area contributed by atoms with Gasteiger partial charge in [0.1, 0.15) is 10.5 Å². The first-order chi connectivity index (χ1) is 15.6. The number of rotatable bonds is 5. The Morgan fingerprint density at radius 2 is 1.88 bits per heavy atom. The van der Waals surface area contributed by atoms with Crippen LogP contribution in [-0.2, 0) is 6.42 Å². The van der Waals surface area contributed by atoms with Gasteiger partial charge < -0.3 is 5.73 Å². The molecule has 0 aliphatic heterocycles. The Hall–Kier alpha value is -3.22. The Bertz CT molecular complexity index is 1550. The predicted molar refractivity (Wildman–Crippen MR) is 132 cm³/mol. The number of carbonyl (C=O) groups excluding carboxylic acids is 1. The molecule has 0 spiro atoms. The minimum atomic E-state index is -0.567. The molecule has 1 aliphatic rings. The van der Waals surface area contributed by atoms with Crippen LogP contribution in [0.2, 0.25) is 0 Å². The van der Waals surface area contributed by atoms with Crippen molar-refractivity contribution >= 4 is 44.2 Å². The fraction of sp³-hybridized carbons (Fsp3) is 0.154. The van der Waals surface area contributed by atoms with Gasteiger partial charge in [0.15, 0.2) is 0 Å². The SMILES string of the molecule is NC(=O)c1c(-c2ccsc2)sc2c(C3CC3)c(Cc3cccc4ccccc34)cc(=O)n12. The molecular formula is C26H20N2O2S2. The number of hydrogen-bond donors (Lipinski definition) is 1. The Morgan fingerprint density at radius 3 is 2.62 bits per heavy atom. The lowest BCUT2D eigenvalue weighted by Gasteiger charge is -2.13. The summed E-state index contributed by atoms with van der Waals surface area (Å²) in [5.41, 5.74) is 10.3. The molecule has 1 saturated carbocycles. The van der Waals surface area contributed by atoms with Gasteiger partial charge in [0.2, 0.25) is 0 Å². The summed E-state index contributed by atoms with van der Waals surface area (Å²) in [4.78, 5) is 27.4. The number of hydrogen-bond acceptors (Lipinski definition) is 4. The lowest BCUT2D eigenvalue weighted by molar-refractivity contribution is 0.0995. The molecule has 6 rings (SSSR count). The maximum Gasteiger partial charge on any atom is 0.267 e. The van der Waals surface area contributed by atoms with Crippen LogP contribution in [0.5, 0.6) is 0 Å². The number of thiophene rings is 1. The highest BCUT2D eigenvalue weighted by molar-refractivity contribution is 7.21. The molecule has 0 atom stereocenters. The summed E-state index contributed by atoms with van der Waals surface area (Å²) in [6.07, 6.45) is 2.90. The predicted octanol–water partition coefficient (Wildman–Crippen LogP) is 5.81. The van der Waals surface area contributed by atoms with Crippen molar-refractivity contribution in [2.24, 2.45) is 5.73 Å². The van der Waals surface area contributed by atoms with Gasteiger partial charge in [0.25, 0.3) is 11.5 Å². The fourth-order valence-corrected chi connectivity index (χ4v) is 6.75. The number of thiazole rings is 1. The Labute approximate surface area is 192 Å². The van der Waals surface area contributed by atoms with Gasteiger partial charge in [-0.3, -0.25) is 14.0 Å². The van der Waals surface area contributed by atoms with Crippen molar-refractivity contribution in [2.75, 3.05) is 0 Å². The van der Waals surface area contributed by atoms with E-state index in [4.69, 9.17) is 5.73 Å². The van der Waals surface area contributed by atoms with Crippen molar-refractivity contribution in [3.05, 3.63) is 98.1 Å². The Morgan fingerprint density at radius 1 is 1.06 bits per heavy atom. The number of fused-ring (bicyclic) bond motifs is 2. The quantitative estimate of drug-likeness (QED) is 0.363. The van der Waals surface area contributed by atoms with Crippen LogP contribution >= 0.6 is 22.7 Å². The third kappa shape index (κ3) is 3.10. The molecule has 3 heterocycles. The van der Waals surface area contributed by atoms with E-state index in [2.05, 4.69) is 36.4 Å². The average molecular weight is 457 g/mol. The molecular weight excluding hydrogens is 436 g/mol. The zero-order valence-corrected chi connectivity index (χ0v) is 18.8. The third-order valence-electron chi connectivity index (χ3n) is 6.20. The van der Waals surface area contributed by atoms with E-state index < -0.39 is 5.91 Å². The maximum absolute atomic E-state index is 13.3.